The number of fused-ring (bicyclic) bond motifs is 1. The van der Waals surface area contributed by atoms with E-state index in [1.165, 1.54) is 19.4 Å². The lowest BCUT2D eigenvalue weighted by Crippen LogP contribution is -2.41. The Labute approximate surface area is 92.9 Å². The predicted octanol–water partition coefficient (Wildman–Crippen LogP) is 1.42. The molecule has 0 aromatic rings. The largest absolute Gasteiger partial charge is 0.464 e. The van der Waals surface area contributed by atoms with Crippen LogP contribution in [0.1, 0.15) is 19.8 Å². The lowest BCUT2D eigenvalue weighted by molar-refractivity contribution is -0.586. The molecule has 2 heterocycles. The smallest absolute Gasteiger partial charge is 0.330 e. The minimum atomic E-state index is 0.501. The van der Waals surface area contributed by atoms with E-state index in [0.29, 0.717) is 11.9 Å². The Morgan fingerprint density at radius 1 is 1.54 bits per heavy atom. The van der Waals surface area contributed by atoms with Crippen LogP contribution in [-0.4, -0.2) is 44.4 Å². The van der Waals surface area contributed by atoms with Crippen molar-refractivity contribution in [2.45, 2.75) is 25.8 Å². The summed E-state index contributed by atoms with van der Waals surface area (Å²) in [6.45, 7) is 5.13. The first-order chi connectivity index (χ1) is 6.18. The summed E-state index contributed by atoms with van der Waals surface area (Å²) in [4.78, 5) is 0. The molecular formula is C9H16IN2O+. The number of nitrogens with zero attached hydrogens (tertiary/aromatic N) is 2. The van der Waals surface area contributed by atoms with E-state index in [1.54, 1.807) is 6.92 Å². The topological polar surface area (TPSA) is 26.5 Å². The zero-order valence-corrected chi connectivity index (χ0v) is 10.1. The molecule has 2 aliphatic heterocycles. The van der Waals surface area contributed by atoms with E-state index < -0.39 is 0 Å². The lowest BCUT2D eigenvalue weighted by atomic mass is 9.93. The van der Waals surface area contributed by atoms with E-state index in [0.717, 1.165) is 19.0 Å². The Morgan fingerprint density at radius 3 is 3.00 bits per heavy atom. The quantitative estimate of drug-likeness (QED) is 0.317. The molecule has 13 heavy (non-hydrogen) atoms. The van der Waals surface area contributed by atoms with Gasteiger partial charge in [0.05, 0.1) is 13.5 Å². The van der Waals surface area contributed by atoms with Crippen molar-refractivity contribution in [3.05, 3.63) is 0 Å². The predicted molar refractivity (Wildman–Crippen MR) is 60.5 cm³/mol. The van der Waals surface area contributed by atoms with Crippen molar-refractivity contribution in [2.75, 3.05) is 19.6 Å². The number of rotatable bonds is 0. The van der Waals surface area contributed by atoms with Gasteiger partial charge < -0.3 is 5.11 Å². The fourth-order valence-corrected chi connectivity index (χ4v) is 3.44. The second kappa shape index (κ2) is 3.73. The van der Waals surface area contributed by atoms with Crippen LogP contribution in [0.5, 0.6) is 0 Å². The van der Waals surface area contributed by atoms with E-state index in [2.05, 4.69) is 30.6 Å². The molecule has 2 saturated heterocycles. The molecule has 2 fully saturated rings. The summed E-state index contributed by atoms with van der Waals surface area (Å²) >= 11 is 2.39. The number of aliphatic hydroxyl groups excluding tert-OH is 1. The molecule has 0 aromatic carbocycles. The summed E-state index contributed by atoms with van der Waals surface area (Å²) in [7, 11) is 0. The highest BCUT2D eigenvalue weighted by molar-refractivity contribution is 14.1. The first-order valence-electron chi connectivity index (χ1n) is 4.88. The summed E-state index contributed by atoms with van der Waals surface area (Å²) in [5.74, 6) is 1.27. The van der Waals surface area contributed by atoms with E-state index in [9.17, 15) is 5.11 Å². The minimum Gasteiger partial charge on any atom is -0.464 e. The molecule has 0 saturated carbocycles. The Morgan fingerprint density at radius 2 is 2.31 bits per heavy atom. The first-order valence-corrected chi connectivity index (χ1v) is 5.85. The standard InChI is InChI=1S/C9H15IN2O/c1-7(13)12-4-2-3-8-5-11(10)6-9(8)12/h8-9H,2-6H2,1H3/p+1/t8-,9+/m1/s1. The molecule has 1 N–H and O–H groups in total. The molecule has 0 aromatic heterocycles. The zero-order chi connectivity index (χ0) is 9.42. The van der Waals surface area contributed by atoms with Gasteiger partial charge in [0.25, 0.3) is 0 Å². The van der Waals surface area contributed by atoms with Crippen molar-refractivity contribution in [1.82, 2.24) is 3.11 Å². The van der Waals surface area contributed by atoms with Gasteiger partial charge in [0.1, 0.15) is 6.54 Å². The first kappa shape index (κ1) is 9.71. The van der Waals surface area contributed by atoms with Gasteiger partial charge in [-0.3, -0.25) is 0 Å². The Bertz CT molecular complexity index is 238. The van der Waals surface area contributed by atoms with Gasteiger partial charge in [-0.05, 0) is 6.42 Å². The van der Waals surface area contributed by atoms with Crippen molar-refractivity contribution >= 4 is 28.8 Å². The molecule has 3 nitrogen and oxygen atoms in total. The maximum atomic E-state index is 9.53. The molecule has 2 atom stereocenters. The number of piperidine rings is 1. The highest BCUT2D eigenvalue weighted by Crippen LogP contribution is 2.29. The van der Waals surface area contributed by atoms with Crippen molar-refractivity contribution in [1.29, 1.82) is 0 Å². The van der Waals surface area contributed by atoms with E-state index in [1.807, 2.05) is 0 Å². The summed E-state index contributed by atoms with van der Waals surface area (Å²) in [6.07, 6.45) is 2.55. The van der Waals surface area contributed by atoms with Crippen molar-refractivity contribution in [2.24, 2.45) is 5.92 Å². The van der Waals surface area contributed by atoms with Crippen LogP contribution in [-0.2, 0) is 0 Å². The van der Waals surface area contributed by atoms with Gasteiger partial charge in [-0.15, -0.1) is 0 Å². The molecule has 74 valence electrons. The Hall–Kier alpha value is 0.160. The summed E-state index contributed by atoms with van der Waals surface area (Å²) in [6, 6.07) is 0.565. The van der Waals surface area contributed by atoms with Gasteiger partial charge >= 0.3 is 5.90 Å². The highest BCUT2D eigenvalue weighted by atomic mass is 127. The van der Waals surface area contributed by atoms with E-state index in [-0.39, 0.29) is 0 Å². The van der Waals surface area contributed by atoms with Gasteiger partial charge in [-0.25, -0.2) is 3.11 Å². The number of hydrogen-bond donors (Lipinski definition) is 1. The van der Waals surface area contributed by atoms with E-state index >= 15 is 0 Å². The second-order valence-electron chi connectivity index (χ2n) is 4.04. The normalized spacial score (nSPS) is 38.9. The van der Waals surface area contributed by atoms with Gasteiger partial charge in [0.15, 0.2) is 6.04 Å². The van der Waals surface area contributed by atoms with E-state index in [4.69, 9.17) is 0 Å². The summed E-state index contributed by atoms with van der Waals surface area (Å²) < 4.78 is 4.52. The average molecular weight is 295 g/mol. The van der Waals surface area contributed by atoms with Gasteiger partial charge in [0, 0.05) is 41.7 Å². The molecule has 0 spiro atoms. The van der Waals surface area contributed by atoms with Crippen LogP contribution in [0, 0.1) is 5.92 Å². The van der Waals surface area contributed by atoms with Crippen molar-refractivity contribution in [3.8, 4) is 0 Å². The summed E-state index contributed by atoms with van der Waals surface area (Å²) in [5.41, 5.74) is 0. The fourth-order valence-electron chi connectivity index (χ4n) is 2.53. The van der Waals surface area contributed by atoms with Crippen molar-refractivity contribution < 1.29 is 9.68 Å². The molecule has 0 bridgehead atoms. The molecule has 0 aliphatic carbocycles. The fraction of sp³-hybridized carbons (Fsp3) is 0.889. The second-order valence-corrected chi connectivity index (χ2v) is 5.40. The number of hydrogen-bond acceptors (Lipinski definition) is 1. The molecule has 0 radical (unpaired) electrons. The molecule has 2 rings (SSSR count). The Kier molecular flexibility index (Phi) is 2.78. The van der Waals surface area contributed by atoms with Crippen LogP contribution in [0.3, 0.4) is 0 Å². The average Bonchev–Trinajstić information content (AvgIpc) is 2.43. The van der Waals surface area contributed by atoms with Gasteiger partial charge in [0.2, 0.25) is 0 Å². The molecule has 2 aliphatic rings. The van der Waals surface area contributed by atoms with Crippen molar-refractivity contribution in [3.63, 3.8) is 0 Å². The van der Waals surface area contributed by atoms with Gasteiger partial charge in [-0.1, -0.05) is 0 Å². The van der Waals surface area contributed by atoms with Crippen LogP contribution in [0.15, 0.2) is 0 Å². The van der Waals surface area contributed by atoms with Gasteiger partial charge in [-0.2, -0.15) is 4.58 Å². The number of aliphatic hydroxyl groups is 1. The molecule has 4 heteroatoms. The SMILES string of the molecule is CC(O)=[N+]1CCC[C@@H]2CN(I)C[C@@H]21. The summed E-state index contributed by atoms with van der Waals surface area (Å²) in [5, 5.41) is 9.53. The number of halogens is 1. The van der Waals surface area contributed by atoms with Crippen LogP contribution in [0.25, 0.3) is 0 Å². The maximum absolute atomic E-state index is 9.53. The molecule has 0 unspecified atom stereocenters. The lowest BCUT2D eigenvalue weighted by Gasteiger charge is -2.22. The van der Waals surface area contributed by atoms with Crippen LogP contribution in [0.4, 0.5) is 0 Å². The van der Waals surface area contributed by atoms with Crippen LogP contribution in [0.2, 0.25) is 0 Å². The molecule has 0 amide bonds. The third-order valence-corrected chi connectivity index (χ3v) is 3.94. The molecular weight excluding hydrogens is 279 g/mol. The Balaban J connectivity index is 2.19. The monoisotopic (exact) mass is 295 g/mol. The van der Waals surface area contributed by atoms with Crippen LogP contribution < -0.4 is 0 Å². The van der Waals surface area contributed by atoms with Crippen LogP contribution >= 0.6 is 22.9 Å². The zero-order valence-electron chi connectivity index (χ0n) is 7.91. The minimum absolute atomic E-state index is 0.501. The maximum Gasteiger partial charge on any atom is 0.330 e. The highest BCUT2D eigenvalue weighted by Gasteiger charge is 2.42. The third kappa shape index (κ3) is 1.83. The third-order valence-electron chi connectivity index (χ3n) is 3.15.